The van der Waals surface area contributed by atoms with Gasteiger partial charge in [-0.15, -0.1) is 0 Å². The number of hydrogen-bond acceptors (Lipinski definition) is 3. The Morgan fingerprint density at radius 3 is 2.57 bits per heavy atom. The second kappa shape index (κ2) is 6.43. The molecule has 0 atom stereocenters. The Morgan fingerprint density at radius 1 is 1.19 bits per heavy atom. The Hall–Kier alpha value is -1.63. The fourth-order valence-electron chi connectivity index (χ4n) is 1.87. The van der Waals surface area contributed by atoms with Crippen molar-refractivity contribution >= 4 is 27.3 Å². The van der Waals surface area contributed by atoms with Crippen LogP contribution in [0.5, 0.6) is 0 Å². The highest BCUT2D eigenvalue weighted by molar-refractivity contribution is 7.92. The van der Waals surface area contributed by atoms with E-state index < -0.39 is 15.8 Å². The minimum atomic E-state index is -3.87. The number of nitrogens with one attached hydrogen (secondary N) is 2. The van der Waals surface area contributed by atoms with Gasteiger partial charge in [-0.3, -0.25) is 4.72 Å². The zero-order chi connectivity index (χ0) is 15.5. The zero-order valence-corrected chi connectivity index (χ0v) is 12.8. The average molecular weight is 329 g/mol. The maximum atomic E-state index is 13.7. The van der Waals surface area contributed by atoms with Gasteiger partial charge in [-0.05, 0) is 36.9 Å². The fraction of sp³-hybridized carbons (Fsp3) is 0.143. The average Bonchev–Trinajstić information content (AvgIpc) is 2.43. The van der Waals surface area contributed by atoms with Crippen molar-refractivity contribution < 1.29 is 12.8 Å². The zero-order valence-electron chi connectivity index (χ0n) is 11.2. The molecule has 0 radical (unpaired) electrons. The Balaban J connectivity index is 2.39. The minimum Gasteiger partial charge on any atom is -0.316 e. The summed E-state index contributed by atoms with van der Waals surface area (Å²) in [5.41, 5.74) is 0.459. The summed E-state index contributed by atoms with van der Waals surface area (Å²) >= 11 is 5.65. The highest BCUT2D eigenvalue weighted by atomic mass is 35.5. The topological polar surface area (TPSA) is 58.2 Å². The van der Waals surface area contributed by atoms with Gasteiger partial charge in [-0.2, -0.15) is 0 Å². The van der Waals surface area contributed by atoms with Crippen LogP contribution >= 0.6 is 11.6 Å². The Labute approximate surface area is 128 Å². The summed E-state index contributed by atoms with van der Waals surface area (Å²) in [6.07, 6.45) is 0. The molecule has 0 aliphatic carbocycles. The monoisotopic (exact) mass is 328 g/mol. The van der Waals surface area contributed by atoms with Crippen molar-refractivity contribution in [3.05, 3.63) is 58.9 Å². The maximum Gasteiger partial charge on any atom is 0.262 e. The summed E-state index contributed by atoms with van der Waals surface area (Å²) in [7, 11) is -2.16. The summed E-state index contributed by atoms with van der Waals surface area (Å²) in [5, 5.41) is 3.10. The first-order chi connectivity index (χ1) is 9.94. The summed E-state index contributed by atoms with van der Waals surface area (Å²) in [6, 6.07) is 10.3. The standard InChI is InChI=1S/C14H14ClFN2O2S/c1-17-9-10-4-2-3-5-14(10)21(19,20)18-13-7-6-11(15)8-12(13)16/h2-8,17-18H,9H2,1H3. The van der Waals surface area contributed by atoms with Crippen LogP contribution in [-0.2, 0) is 16.6 Å². The van der Waals surface area contributed by atoms with E-state index in [2.05, 4.69) is 10.0 Å². The van der Waals surface area contributed by atoms with Crippen LogP contribution in [0.2, 0.25) is 5.02 Å². The molecule has 4 nitrogen and oxygen atoms in total. The molecule has 0 saturated carbocycles. The third kappa shape index (κ3) is 3.72. The molecule has 112 valence electrons. The Kier molecular flexibility index (Phi) is 4.82. The molecule has 0 unspecified atom stereocenters. The fourth-order valence-corrected chi connectivity index (χ4v) is 3.34. The molecule has 0 spiro atoms. The quantitative estimate of drug-likeness (QED) is 0.887. The molecule has 0 amide bonds. The number of rotatable bonds is 5. The minimum absolute atomic E-state index is 0.105. The van der Waals surface area contributed by atoms with Crippen LogP contribution in [0.1, 0.15) is 5.56 Å². The van der Waals surface area contributed by atoms with Crippen molar-refractivity contribution in [3.63, 3.8) is 0 Å². The van der Waals surface area contributed by atoms with E-state index in [0.717, 1.165) is 6.07 Å². The first kappa shape index (κ1) is 15.8. The molecule has 0 fully saturated rings. The SMILES string of the molecule is CNCc1ccccc1S(=O)(=O)Nc1ccc(Cl)cc1F. The summed E-state index contributed by atoms with van der Waals surface area (Å²) in [5.74, 6) is -0.725. The smallest absolute Gasteiger partial charge is 0.262 e. The largest absolute Gasteiger partial charge is 0.316 e. The summed E-state index contributed by atoms with van der Waals surface area (Å²) in [4.78, 5) is 0.105. The predicted molar refractivity (Wildman–Crippen MR) is 81.4 cm³/mol. The predicted octanol–water partition coefficient (Wildman–Crippen LogP) is 3.00. The highest BCUT2D eigenvalue weighted by Gasteiger charge is 2.19. The Bertz CT molecular complexity index is 750. The van der Waals surface area contributed by atoms with Gasteiger partial charge in [0.25, 0.3) is 10.0 Å². The van der Waals surface area contributed by atoms with Crippen LogP contribution in [0, 0.1) is 5.82 Å². The molecule has 0 aliphatic heterocycles. The third-order valence-corrected chi connectivity index (χ3v) is 4.51. The number of anilines is 1. The first-order valence-corrected chi connectivity index (χ1v) is 8.00. The summed E-state index contributed by atoms with van der Waals surface area (Å²) in [6.45, 7) is 0.389. The van der Waals surface area contributed by atoms with Crippen molar-refractivity contribution in [2.75, 3.05) is 11.8 Å². The van der Waals surface area contributed by atoms with Crippen molar-refractivity contribution in [2.24, 2.45) is 0 Å². The van der Waals surface area contributed by atoms with Crippen LogP contribution in [0.25, 0.3) is 0 Å². The normalized spacial score (nSPS) is 11.4. The number of sulfonamides is 1. The van der Waals surface area contributed by atoms with E-state index in [-0.39, 0.29) is 15.6 Å². The van der Waals surface area contributed by atoms with E-state index in [0.29, 0.717) is 12.1 Å². The van der Waals surface area contributed by atoms with Gasteiger partial charge in [-0.1, -0.05) is 29.8 Å². The van der Waals surface area contributed by atoms with Gasteiger partial charge in [0.2, 0.25) is 0 Å². The van der Waals surface area contributed by atoms with E-state index in [1.54, 1.807) is 25.2 Å². The molecular weight excluding hydrogens is 315 g/mol. The molecule has 0 bridgehead atoms. The second-order valence-corrected chi connectivity index (χ2v) is 6.45. The Morgan fingerprint density at radius 2 is 1.90 bits per heavy atom. The lowest BCUT2D eigenvalue weighted by Crippen LogP contribution is -2.18. The van der Waals surface area contributed by atoms with Crippen molar-refractivity contribution in [3.8, 4) is 0 Å². The second-order valence-electron chi connectivity index (χ2n) is 4.37. The molecule has 7 heteroatoms. The maximum absolute atomic E-state index is 13.7. The number of benzene rings is 2. The van der Waals surface area contributed by atoms with E-state index >= 15 is 0 Å². The number of halogens is 2. The van der Waals surface area contributed by atoms with Crippen molar-refractivity contribution in [1.82, 2.24) is 5.32 Å². The molecule has 2 rings (SSSR count). The first-order valence-electron chi connectivity index (χ1n) is 6.14. The van der Waals surface area contributed by atoms with Crippen LogP contribution in [0.3, 0.4) is 0 Å². The number of hydrogen-bond donors (Lipinski definition) is 2. The van der Waals surface area contributed by atoms with Crippen LogP contribution in [-0.4, -0.2) is 15.5 Å². The van der Waals surface area contributed by atoms with E-state index in [9.17, 15) is 12.8 Å². The van der Waals surface area contributed by atoms with Crippen molar-refractivity contribution in [2.45, 2.75) is 11.4 Å². The van der Waals surface area contributed by atoms with Crippen molar-refractivity contribution in [1.29, 1.82) is 0 Å². The molecule has 2 N–H and O–H groups in total. The molecule has 2 aromatic rings. The molecule has 2 aromatic carbocycles. The molecule has 21 heavy (non-hydrogen) atoms. The van der Waals surface area contributed by atoms with Gasteiger partial charge in [0.05, 0.1) is 10.6 Å². The molecule has 0 saturated heterocycles. The van der Waals surface area contributed by atoms with Gasteiger partial charge in [0, 0.05) is 11.6 Å². The van der Waals surface area contributed by atoms with E-state index in [1.165, 1.54) is 18.2 Å². The third-order valence-electron chi connectivity index (χ3n) is 2.80. The van der Waals surface area contributed by atoms with E-state index in [4.69, 9.17) is 11.6 Å². The van der Waals surface area contributed by atoms with Gasteiger partial charge < -0.3 is 5.32 Å². The van der Waals surface area contributed by atoms with Crippen LogP contribution < -0.4 is 10.0 Å². The molecular formula is C14H14ClFN2O2S. The lowest BCUT2D eigenvalue weighted by molar-refractivity contribution is 0.596. The highest BCUT2D eigenvalue weighted by Crippen LogP contribution is 2.23. The van der Waals surface area contributed by atoms with Crippen LogP contribution in [0.15, 0.2) is 47.4 Å². The molecule has 0 aliphatic rings. The molecule has 0 aromatic heterocycles. The summed E-state index contributed by atoms with van der Waals surface area (Å²) < 4.78 is 40.8. The molecule has 0 heterocycles. The van der Waals surface area contributed by atoms with Gasteiger partial charge in [0.1, 0.15) is 5.82 Å². The van der Waals surface area contributed by atoms with Gasteiger partial charge in [-0.25, -0.2) is 12.8 Å². The van der Waals surface area contributed by atoms with E-state index in [1.807, 2.05) is 0 Å². The van der Waals surface area contributed by atoms with Gasteiger partial charge >= 0.3 is 0 Å². The van der Waals surface area contributed by atoms with Gasteiger partial charge in [0.15, 0.2) is 0 Å². The van der Waals surface area contributed by atoms with Crippen LogP contribution in [0.4, 0.5) is 10.1 Å². The lowest BCUT2D eigenvalue weighted by Gasteiger charge is -2.12. The lowest BCUT2D eigenvalue weighted by atomic mass is 10.2.